The van der Waals surface area contributed by atoms with E-state index in [1.54, 1.807) is 0 Å². The van der Waals surface area contributed by atoms with E-state index >= 15 is 0 Å². The Bertz CT molecular complexity index is 2150. The molecule has 0 aromatic heterocycles. The standard InChI is InChI=1S/C47H36.2CH3.Hf/c1-3-13-33(14-4-1)35-21-25-37(26-22-35)43-31-39-17-7-9-19-41(39)45(43)47(29-11-12-30-47)46-42-20-10-8-18-40(42)32-44(46)38-27-23-36(24-28-38)34-15-5-2-6-16-34;;;/h1-10,13-28,31-32H,11-12,29-30H2;2*1H3;/q-2;2*-1;+4. The number of rotatable bonds is 6. The van der Waals surface area contributed by atoms with Crippen LogP contribution in [0.4, 0.5) is 0 Å². The van der Waals surface area contributed by atoms with Crippen molar-refractivity contribution in [1.29, 1.82) is 0 Å². The van der Waals surface area contributed by atoms with Crippen LogP contribution in [0.5, 0.6) is 0 Å². The van der Waals surface area contributed by atoms with Crippen molar-refractivity contribution in [3.63, 3.8) is 0 Å². The molecule has 242 valence electrons. The van der Waals surface area contributed by atoms with Crippen LogP contribution in [0.1, 0.15) is 36.8 Å². The summed E-state index contributed by atoms with van der Waals surface area (Å²) in [6, 6.07) is 63.0. The Hall–Kier alpha value is -4.59. The van der Waals surface area contributed by atoms with Gasteiger partial charge in [-0.1, -0.05) is 182 Å². The summed E-state index contributed by atoms with van der Waals surface area (Å²) in [5.41, 5.74) is 13.3. The molecule has 0 atom stereocenters. The van der Waals surface area contributed by atoms with Crippen LogP contribution in [-0.4, -0.2) is 0 Å². The molecule has 0 aliphatic heterocycles. The molecule has 0 N–H and O–H groups in total. The zero-order valence-electron chi connectivity index (χ0n) is 29.0. The second-order valence-corrected chi connectivity index (χ2v) is 13.2. The van der Waals surface area contributed by atoms with E-state index < -0.39 is 0 Å². The second kappa shape index (κ2) is 14.7. The van der Waals surface area contributed by atoms with Crippen LogP contribution >= 0.6 is 0 Å². The summed E-state index contributed by atoms with van der Waals surface area (Å²) in [4.78, 5) is 0. The van der Waals surface area contributed by atoms with E-state index in [0.29, 0.717) is 0 Å². The molecule has 0 radical (unpaired) electrons. The van der Waals surface area contributed by atoms with Crippen molar-refractivity contribution >= 4 is 21.5 Å². The normalized spacial score (nSPS) is 13.4. The fourth-order valence-electron chi connectivity index (χ4n) is 8.48. The van der Waals surface area contributed by atoms with E-state index in [4.69, 9.17) is 0 Å². The number of hydrogen-bond donors (Lipinski definition) is 0. The third-order valence-corrected chi connectivity index (χ3v) is 10.6. The molecule has 1 aliphatic rings. The molecule has 0 saturated heterocycles. The molecule has 1 aliphatic carbocycles. The fraction of sp³-hybridized carbons (Fsp3) is 0.102. The van der Waals surface area contributed by atoms with Crippen molar-refractivity contribution in [1.82, 2.24) is 0 Å². The Morgan fingerprint density at radius 3 is 1.08 bits per heavy atom. The third kappa shape index (κ3) is 5.96. The first kappa shape index (κ1) is 35.2. The predicted molar refractivity (Wildman–Crippen MR) is 213 cm³/mol. The maximum atomic E-state index is 2.46. The summed E-state index contributed by atoms with van der Waals surface area (Å²) < 4.78 is 0. The number of hydrogen-bond acceptors (Lipinski definition) is 0. The minimum Gasteiger partial charge on any atom is -0.358 e. The van der Waals surface area contributed by atoms with Gasteiger partial charge >= 0.3 is 25.8 Å². The van der Waals surface area contributed by atoms with Gasteiger partial charge in [0.25, 0.3) is 0 Å². The molecule has 0 unspecified atom stereocenters. The van der Waals surface area contributed by atoms with Crippen molar-refractivity contribution in [3.05, 3.63) is 196 Å². The SMILES string of the molecule is [CH3-].[CH3-].[Hf+4].c1ccc(-c2ccc(-c3[cH-]c4ccccc4c3C3(c4c(-c5ccc(-c6ccccc6)cc5)[cH-]c5ccccc45)CCCC3)cc2)cc1. The van der Waals surface area contributed by atoms with Crippen LogP contribution in [-0.2, 0) is 31.3 Å². The molecule has 0 heterocycles. The van der Waals surface area contributed by atoms with Gasteiger partial charge in [-0.2, -0.15) is 0 Å². The summed E-state index contributed by atoms with van der Waals surface area (Å²) in [6.07, 6.45) is 4.77. The quantitative estimate of drug-likeness (QED) is 0.116. The van der Waals surface area contributed by atoms with Crippen LogP contribution in [0, 0.1) is 14.9 Å². The van der Waals surface area contributed by atoms with E-state index in [-0.39, 0.29) is 46.1 Å². The average Bonchev–Trinajstić information content (AvgIpc) is 3.89. The van der Waals surface area contributed by atoms with Crippen molar-refractivity contribution in [2.24, 2.45) is 0 Å². The van der Waals surface area contributed by atoms with Crippen LogP contribution < -0.4 is 0 Å². The predicted octanol–water partition coefficient (Wildman–Crippen LogP) is 13.9. The van der Waals surface area contributed by atoms with E-state index in [2.05, 4.69) is 170 Å². The summed E-state index contributed by atoms with van der Waals surface area (Å²) >= 11 is 0. The molecule has 0 bridgehead atoms. The van der Waals surface area contributed by atoms with Gasteiger partial charge in [0.2, 0.25) is 0 Å². The zero-order valence-corrected chi connectivity index (χ0v) is 32.6. The maximum absolute atomic E-state index is 2.46. The van der Waals surface area contributed by atoms with Crippen molar-refractivity contribution in [2.75, 3.05) is 0 Å². The molecular weight excluding hydrogens is 767 g/mol. The molecule has 9 rings (SSSR count). The van der Waals surface area contributed by atoms with Gasteiger partial charge in [-0.05, 0) is 27.7 Å². The fourth-order valence-corrected chi connectivity index (χ4v) is 8.48. The van der Waals surface area contributed by atoms with Gasteiger partial charge in [0.1, 0.15) is 0 Å². The Morgan fingerprint density at radius 2 is 0.680 bits per heavy atom. The molecule has 8 aromatic carbocycles. The zero-order chi connectivity index (χ0) is 31.2. The van der Waals surface area contributed by atoms with E-state index in [1.165, 1.54) is 90.0 Å². The van der Waals surface area contributed by atoms with E-state index in [0.717, 1.165) is 12.8 Å². The molecule has 1 fully saturated rings. The molecule has 1 heteroatoms. The molecule has 50 heavy (non-hydrogen) atoms. The smallest absolute Gasteiger partial charge is 0.358 e. The molecule has 0 spiro atoms. The number of fused-ring (bicyclic) bond motifs is 2. The van der Waals surface area contributed by atoms with Crippen LogP contribution in [0.3, 0.4) is 0 Å². The van der Waals surface area contributed by atoms with Crippen LogP contribution in [0.2, 0.25) is 0 Å². The minimum atomic E-state index is -0.0902. The monoisotopic (exact) mass is 810 g/mol. The van der Waals surface area contributed by atoms with Gasteiger partial charge in [0.15, 0.2) is 0 Å². The number of benzene rings is 6. The Kier molecular flexibility index (Phi) is 10.4. The van der Waals surface area contributed by atoms with Gasteiger partial charge in [0.05, 0.1) is 0 Å². The Balaban J connectivity index is 0.00000144. The van der Waals surface area contributed by atoms with Crippen molar-refractivity contribution in [3.8, 4) is 44.5 Å². The van der Waals surface area contributed by atoms with E-state index in [1.807, 2.05) is 0 Å². The van der Waals surface area contributed by atoms with Gasteiger partial charge in [-0.3, -0.25) is 0 Å². The van der Waals surface area contributed by atoms with Gasteiger partial charge in [-0.15, -0.1) is 68.1 Å². The molecule has 1 saturated carbocycles. The van der Waals surface area contributed by atoms with Gasteiger partial charge in [0, 0.05) is 0 Å². The van der Waals surface area contributed by atoms with Crippen molar-refractivity contribution in [2.45, 2.75) is 31.1 Å². The summed E-state index contributed by atoms with van der Waals surface area (Å²) in [7, 11) is 0. The van der Waals surface area contributed by atoms with E-state index in [9.17, 15) is 0 Å². The van der Waals surface area contributed by atoms with Crippen LogP contribution in [0.15, 0.2) is 170 Å². The topological polar surface area (TPSA) is 0 Å². The molecule has 0 amide bonds. The molecule has 0 nitrogen and oxygen atoms in total. The largest absolute Gasteiger partial charge is 4.00 e. The van der Waals surface area contributed by atoms with Gasteiger partial charge in [-0.25, -0.2) is 0 Å². The average molecular weight is 809 g/mol. The van der Waals surface area contributed by atoms with Crippen molar-refractivity contribution < 1.29 is 25.8 Å². The minimum absolute atomic E-state index is 0. The summed E-state index contributed by atoms with van der Waals surface area (Å²) in [5.74, 6) is 0. The first-order valence-corrected chi connectivity index (χ1v) is 17.0. The first-order chi connectivity index (χ1) is 23.3. The summed E-state index contributed by atoms with van der Waals surface area (Å²) in [5, 5.41) is 5.46. The third-order valence-electron chi connectivity index (χ3n) is 10.6. The second-order valence-electron chi connectivity index (χ2n) is 13.2. The first-order valence-electron chi connectivity index (χ1n) is 17.0. The molecular formula is C49H42Hf. The Morgan fingerprint density at radius 1 is 0.360 bits per heavy atom. The maximum Gasteiger partial charge on any atom is 4.00 e. The summed E-state index contributed by atoms with van der Waals surface area (Å²) in [6.45, 7) is 0. The van der Waals surface area contributed by atoms with Crippen LogP contribution in [0.25, 0.3) is 66.1 Å². The van der Waals surface area contributed by atoms with Gasteiger partial charge < -0.3 is 14.9 Å². The Labute approximate surface area is 317 Å². The molecule has 8 aromatic rings.